The molecule has 0 spiro atoms. The Hall–Kier alpha value is -0.760. The van der Waals surface area contributed by atoms with Gasteiger partial charge in [0.15, 0.2) is 0 Å². The van der Waals surface area contributed by atoms with Gasteiger partial charge in [-0.15, -0.1) is 0 Å². The van der Waals surface area contributed by atoms with Crippen molar-refractivity contribution < 1.29 is 53.1 Å². The van der Waals surface area contributed by atoms with Gasteiger partial charge in [0.05, 0.1) is 27.2 Å². The number of aliphatic hydroxyl groups is 2. The molecule has 0 aliphatic rings. The highest BCUT2D eigenvalue weighted by Gasteiger charge is 2.27. The van der Waals surface area contributed by atoms with Crippen LogP contribution < -0.4 is 34.0 Å². The van der Waals surface area contributed by atoms with Crippen LogP contribution in [0, 0.1) is 0 Å². The zero-order valence-electron chi connectivity index (χ0n) is 27.2. The van der Waals surface area contributed by atoms with Crippen LogP contribution in [0.5, 0.6) is 0 Å². The molecule has 0 heterocycles. The fourth-order valence-electron chi connectivity index (χ4n) is 6.32. The SMILES string of the molecule is CCCCCC(O)C[N+](C)(CCCCCC[N+](C)(Cc1ccccc1)CC(O)CCCCC)Cc1ccccc1.[Br-].[Br-]. The Labute approximate surface area is 280 Å². The van der Waals surface area contributed by atoms with Crippen LogP contribution >= 0.6 is 0 Å². The topological polar surface area (TPSA) is 40.5 Å². The van der Waals surface area contributed by atoms with Crippen molar-refractivity contribution >= 4 is 0 Å². The first-order valence-corrected chi connectivity index (χ1v) is 16.4. The minimum Gasteiger partial charge on any atom is -1.00 e. The van der Waals surface area contributed by atoms with E-state index in [1.807, 2.05) is 0 Å². The Kier molecular flexibility index (Phi) is 23.2. The van der Waals surface area contributed by atoms with Crippen molar-refractivity contribution in [3.05, 3.63) is 71.8 Å². The van der Waals surface area contributed by atoms with Gasteiger partial charge in [0.2, 0.25) is 0 Å². The van der Waals surface area contributed by atoms with Crippen LogP contribution in [-0.4, -0.2) is 71.7 Å². The summed E-state index contributed by atoms with van der Waals surface area (Å²) in [5, 5.41) is 21.7. The standard InChI is InChI=1S/C36H62N2O2.2BrH/c1-5-7-13-25-35(39)31-37(3,29-33-21-15-11-16-22-33)27-19-9-10-20-28-38(4,30-34-23-17-12-18-24-34)32-36(40)26-14-8-6-2;;/h11-12,15-18,21-24,35-36,39-40H,5-10,13-14,19-20,25-32H2,1-4H3;2*1H/q+2;;/p-2. The number of rotatable bonds is 23. The average Bonchev–Trinajstić information content (AvgIpc) is 2.92. The molecule has 6 heteroatoms. The normalized spacial score (nSPS) is 15.5. The molecule has 242 valence electrons. The number of halogens is 2. The van der Waals surface area contributed by atoms with Gasteiger partial charge in [0.1, 0.15) is 38.4 Å². The molecule has 0 aliphatic carbocycles. The maximum absolute atomic E-state index is 10.8. The van der Waals surface area contributed by atoms with Gasteiger partial charge in [-0.3, -0.25) is 0 Å². The van der Waals surface area contributed by atoms with Gasteiger partial charge in [-0.1, -0.05) is 113 Å². The van der Waals surface area contributed by atoms with Crippen LogP contribution in [0.1, 0.15) is 102 Å². The lowest BCUT2D eigenvalue weighted by Crippen LogP contribution is -3.00. The first-order chi connectivity index (χ1) is 19.3. The fraction of sp³-hybridized carbons (Fsp3) is 0.667. The van der Waals surface area contributed by atoms with Crippen LogP contribution in [0.25, 0.3) is 0 Å². The molecule has 4 nitrogen and oxygen atoms in total. The van der Waals surface area contributed by atoms with E-state index < -0.39 is 0 Å². The first-order valence-electron chi connectivity index (χ1n) is 16.4. The molecule has 0 radical (unpaired) electrons. The average molecular weight is 715 g/mol. The Morgan fingerprint density at radius 3 is 1.21 bits per heavy atom. The van der Waals surface area contributed by atoms with E-state index in [4.69, 9.17) is 0 Å². The molecule has 4 unspecified atom stereocenters. The van der Waals surface area contributed by atoms with Crippen molar-refractivity contribution in [3.8, 4) is 0 Å². The van der Waals surface area contributed by atoms with Gasteiger partial charge >= 0.3 is 0 Å². The highest BCUT2D eigenvalue weighted by molar-refractivity contribution is 5.14. The lowest BCUT2D eigenvalue weighted by atomic mass is 10.1. The fourth-order valence-corrected chi connectivity index (χ4v) is 6.32. The van der Waals surface area contributed by atoms with Crippen molar-refractivity contribution in [3.63, 3.8) is 0 Å². The van der Waals surface area contributed by atoms with E-state index in [0.717, 1.165) is 73.9 Å². The van der Waals surface area contributed by atoms with Crippen LogP contribution in [0.2, 0.25) is 0 Å². The first kappa shape index (κ1) is 41.2. The highest BCUT2D eigenvalue weighted by atomic mass is 79.9. The number of benzene rings is 2. The summed E-state index contributed by atoms with van der Waals surface area (Å²) in [5.74, 6) is 0. The predicted octanol–water partition coefficient (Wildman–Crippen LogP) is 1.73. The molecular weight excluding hydrogens is 652 g/mol. The monoisotopic (exact) mass is 712 g/mol. The summed E-state index contributed by atoms with van der Waals surface area (Å²) in [5.41, 5.74) is 2.72. The number of hydrogen-bond acceptors (Lipinski definition) is 2. The van der Waals surface area contributed by atoms with E-state index in [9.17, 15) is 10.2 Å². The summed E-state index contributed by atoms with van der Waals surface area (Å²) >= 11 is 0. The van der Waals surface area contributed by atoms with Crippen molar-refractivity contribution in [2.75, 3.05) is 40.3 Å². The second kappa shape index (κ2) is 23.6. The van der Waals surface area contributed by atoms with Gasteiger partial charge in [-0.05, 0) is 38.5 Å². The number of nitrogens with zero attached hydrogens (tertiary/aromatic N) is 2. The lowest BCUT2D eigenvalue weighted by molar-refractivity contribution is -0.926. The molecule has 0 aromatic heterocycles. The summed E-state index contributed by atoms with van der Waals surface area (Å²) < 4.78 is 1.81. The minimum absolute atomic E-state index is 0. The Bertz CT molecular complexity index is 815. The zero-order valence-corrected chi connectivity index (χ0v) is 30.4. The number of hydrogen-bond donors (Lipinski definition) is 2. The quantitative estimate of drug-likeness (QED) is 0.136. The number of aliphatic hydroxyl groups excluding tert-OH is 2. The van der Waals surface area contributed by atoms with E-state index in [2.05, 4.69) is 88.6 Å². The molecule has 2 aromatic rings. The summed E-state index contributed by atoms with van der Waals surface area (Å²) in [6.07, 6.45) is 13.3. The minimum atomic E-state index is -0.222. The van der Waals surface area contributed by atoms with Gasteiger partial charge in [0.25, 0.3) is 0 Å². The van der Waals surface area contributed by atoms with Gasteiger partial charge in [-0.2, -0.15) is 0 Å². The molecule has 0 fully saturated rings. The van der Waals surface area contributed by atoms with Crippen LogP contribution in [-0.2, 0) is 13.1 Å². The van der Waals surface area contributed by atoms with Crippen LogP contribution in [0.4, 0.5) is 0 Å². The lowest BCUT2D eigenvalue weighted by Gasteiger charge is -2.37. The zero-order chi connectivity index (χ0) is 29.1. The number of likely N-dealkylation sites (N-methyl/N-ethyl adjacent to an activating group) is 2. The van der Waals surface area contributed by atoms with Crippen LogP contribution in [0.3, 0.4) is 0 Å². The molecule has 2 rings (SSSR count). The largest absolute Gasteiger partial charge is 1.00 e. The number of quaternary nitrogens is 2. The second-order valence-electron chi connectivity index (χ2n) is 13.1. The van der Waals surface area contributed by atoms with Crippen molar-refractivity contribution in [1.29, 1.82) is 0 Å². The number of unbranched alkanes of at least 4 members (excludes halogenated alkanes) is 7. The molecule has 2 N–H and O–H groups in total. The summed E-state index contributed by atoms with van der Waals surface area (Å²) in [4.78, 5) is 0. The molecule has 4 atom stereocenters. The van der Waals surface area contributed by atoms with Crippen molar-refractivity contribution in [2.45, 2.75) is 116 Å². The highest BCUT2D eigenvalue weighted by Crippen LogP contribution is 2.20. The van der Waals surface area contributed by atoms with Gasteiger partial charge in [0, 0.05) is 11.1 Å². The molecule has 0 saturated heterocycles. The second-order valence-corrected chi connectivity index (χ2v) is 13.1. The molecule has 0 aliphatic heterocycles. The third-order valence-electron chi connectivity index (χ3n) is 8.54. The maximum atomic E-state index is 10.8. The summed E-state index contributed by atoms with van der Waals surface area (Å²) in [6.45, 7) is 10.3. The maximum Gasteiger partial charge on any atom is 0.105 e. The molecular formula is C36H62Br2N2O2. The molecule has 42 heavy (non-hydrogen) atoms. The Balaban J connectivity index is 0.00000840. The molecule has 2 aromatic carbocycles. The van der Waals surface area contributed by atoms with E-state index in [1.165, 1.54) is 62.5 Å². The molecule has 0 amide bonds. The van der Waals surface area contributed by atoms with Crippen molar-refractivity contribution in [1.82, 2.24) is 0 Å². The Morgan fingerprint density at radius 1 is 0.524 bits per heavy atom. The van der Waals surface area contributed by atoms with E-state index in [1.54, 1.807) is 0 Å². The third-order valence-corrected chi connectivity index (χ3v) is 8.54. The van der Waals surface area contributed by atoms with E-state index in [0.29, 0.717) is 0 Å². The third kappa shape index (κ3) is 18.1. The summed E-state index contributed by atoms with van der Waals surface area (Å²) in [6, 6.07) is 21.6. The Morgan fingerprint density at radius 2 is 0.881 bits per heavy atom. The summed E-state index contributed by atoms with van der Waals surface area (Å²) in [7, 11) is 4.67. The smallest absolute Gasteiger partial charge is 0.105 e. The van der Waals surface area contributed by atoms with Gasteiger partial charge in [-0.25, -0.2) is 0 Å². The van der Waals surface area contributed by atoms with Gasteiger partial charge < -0.3 is 53.1 Å². The molecule has 0 bridgehead atoms. The molecule has 0 saturated carbocycles. The van der Waals surface area contributed by atoms with Crippen molar-refractivity contribution in [2.24, 2.45) is 0 Å². The van der Waals surface area contributed by atoms with Crippen LogP contribution in [0.15, 0.2) is 60.7 Å². The van der Waals surface area contributed by atoms with E-state index in [-0.39, 0.29) is 46.2 Å². The predicted molar refractivity (Wildman–Crippen MR) is 171 cm³/mol. The van der Waals surface area contributed by atoms with E-state index >= 15 is 0 Å².